The fourth-order valence-electron chi connectivity index (χ4n) is 2.33. The van der Waals surface area contributed by atoms with Crippen LogP contribution in [0.4, 0.5) is 20.2 Å². The van der Waals surface area contributed by atoms with Crippen LogP contribution < -0.4 is 5.32 Å². The molecule has 3 rings (SSSR count). The number of hydrogen-bond donors (Lipinski definition) is 1. The van der Waals surface area contributed by atoms with Crippen molar-refractivity contribution in [3.63, 3.8) is 0 Å². The molecule has 0 aliphatic heterocycles. The number of hydrogen-bond acceptors (Lipinski definition) is 4. The summed E-state index contributed by atoms with van der Waals surface area (Å²) in [5.74, 6) is -2.69. The lowest BCUT2D eigenvalue weighted by molar-refractivity contribution is -0.385. The average Bonchev–Trinajstić information content (AvgIpc) is 2.63. The lowest BCUT2D eigenvalue weighted by Gasteiger charge is -2.09. The molecule has 0 aliphatic carbocycles. The molecule has 0 atom stereocenters. The molecule has 0 aliphatic rings. The molecule has 1 amide bonds. The van der Waals surface area contributed by atoms with Crippen LogP contribution in [0, 0.1) is 21.7 Å². The summed E-state index contributed by atoms with van der Waals surface area (Å²) in [6, 6.07) is 13.4. The normalized spacial score (nSPS) is 10.5. The Morgan fingerprint density at radius 3 is 2.36 bits per heavy atom. The van der Waals surface area contributed by atoms with Crippen molar-refractivity contribution >= 4 is 40.6 Å². The number of nitrogens with one attached hydrogen (secondary N) is 1. The zero-order valence-electron chi connectivity index (χ0n) is 14.0. The summed E-state index contributed by atoms with van der Waals surface area (Å²) < 4.78 is 26.8. The number of nitro groups is 1. The van der Waals surface area contributed by atoms with E-state index in [1.165, 1.54) is 23.9 Å². The van der Waals surface area contributed by atoms with Crippen LogP contribution in [0.3, 0.4) is 0 Å². The highest BCUT2D eigenvalue weighted by molar-refractivity contribution is 7.99. The molecule has 142 valence electrons. The van der Waals surface area contributed by atoms with Crippen molar-refractivity contribution < 1.29 is 18.5 Å². The summed E-state index contributed by atoms with van der Waals surface area (Å²) in [4.78, 5) is 24.2. The first-order valence-electron chi connectivity index (χ1n) is 7.81. The van der Waals surface area contributed by atoms with Crippen molar-refractivity contribution in [2.75, 3.05) is 5.32 Å². The number of halogens is 3. The lowest BCUT2D eigenvalue weighted by Crippen LogP contribution is -2.14. The van der Waals surface area contributed by atoms with E-state index in [1.807, 2.05) is 0 Å². The molecule has 0 saturated carbocycles. The first kappa shape index (κ1) is 19.8. The van der Waals surface area contributed by atoms with Crippen molar-refractivity contribution in [2.24, 2.45) is 0 Å². The minimum Gasteiger partial charge on any atom is -0.322 e. The molecule has 0 fully saturated rings. The molecule has 3 aromatic rings. The minimum atomic E-state index is -1.03. The van der Waals surface area contributed by atoms with Gasteiger partial charge in [-0.1, -0.05) is 23.4 Å². The number of amides is 1. The molecule has 0 aromatic heterocycles. The fourth-order valence-corrected chi connectivity index (χ4v) is 3.37. The maximum Gasteiger partial charge on any atom is 0.272 e. The molecular weight excluding hydrogens is 410 g/mol. The second-order valence-electron chi connectivity index (χ2n) is 5.61. The maximum atomic E-state index is 13.8. The van der Waals surface area contributed by atoms with Gasteiger partial charge in [-0.3, -0.25) is 14.9 Å². The van der Waals surface area contributed by atoms with Crippen LogP contribution in [0.5, 0.6) is 0 Å². The highest BCUT2D eigenvalue weighted by atomic mass is 35.5. The van der Waals surface area contributed by atoms with Gasteiger partial charge in [-0.05, 0) is 42.5 Å². The summed E-state index contributed by atoms with van der Waals surface area (Å²) in [5, 5.41) is 14.2. The van der Waals surface area contributed by atoms with Crippen LogP contribution in [0.15, 0.2) is 70.5 Å². The van der Waals surface area contributed by atoms with Crippen LogP contribution in [0.25, 0.3) is 0 Å². The van der Waals surface area contributed by atoms with E-state index in [9.17, 15) is 23.7 Å². The molecule has 0 saturated heterocycles. The van der Waals surface area contributed by atoms with E-state index >= 15 is 0 Å². The van der Waals surface area contributed by atoms with Gasteiger partial charge in [-0.25, -0.2) is 8.78 Å². The van der Waals surface area contributed by atoms with E-state index < -0.39 is 22.5 Å². The zero-order valence-corrected chi connectivity index (χ0v) is 15.6. The third-order valence-corrected chi connectivity index (χ3v) is 4.82. The van der Waals surface area contributed by atoms with Crippen molar-refractivity contribution in [3.05, 3.63) is 93.0 Å². The Kier molecular flexibility index (Phi) is 5.91. The highest BCUT2D eigenvalue weighted by Crippen LogP contribution is 2.33. The number of benzene rings is 3. The zero-order chi connectivity index (χ0) is 20.3. The van der Waals surface area contributed by atoms with Crippen LogP contribution in [0.1, 0.15) is 10.4 Å². The van der Waals surface area contributed by atoms with E-state index in [4.69, 9.17) is 11.6 Å². The Morgan fingerprint density at radius 2 is 1.71 bits per heavy atom. The first-order valence-corrected chi connectivity index (χ1v) is 9.00. The van der Waals surface area contributed by atoms with Crippen molar-refractivity contribution in [2.45, 2.75) is 9.79 Å². The monoisotopic (exact) mass is 420 g/mol. The van der Waals surface area contributed by atoms with Gasteiger partial charge in [0.1, 0.15) is 11.6 Å². The van der Waals surface area contributed by atoms with Gasteiger partial charge in [0.15, 0.2) is 0 Å². The number of carbonyl (C=O) groups is 1. The highest BCUT2D eigenvalue weighted by Gasteiger charge is 2.16. The van der Waals surface area contributed by atoms with E-state index in [2.05, 4.69) is 5.32 Å². The quantitative estimate of drug-likeness (QED) is 0.410. The molecule has 3 aromatic carbocycles. The molecule has 5 nitrogen and oxygen atoms in total. The van der Waals surface area contributed by atoms with Crippen molar-refractivity contribution in [3.8, 4) is 0 Å². The minimum absolute atomic E-state index is 0.111. The summed E-state index contributed by atoms with van der Waals surface area (Å²) in [5.41, 5.74) is -0.506. The molecular formula is C19H11ClF2N2O3S. The van der Waals surface area contributed by atoms with Crippen molar-refractivity contribution in [1.29, 1.82) is 0 Å². The van der Waals surface area contributed by atoms with Gasteiger partial charge < -0.3 is 5.32 Å². The fraction of sp³-hybridized carbons (Fsp3) is 0. The summed E-state index contributed by atoms with van der Waals surface area (Å²) in [6.45, 7) is 0. The maximum absolute atomic E-state index is 13.8. The molecule has 0 heterocycles. The number of non-ortho nitro benzene ring substituents is 1. The summed E-state index contributed by atoms with van der Waals surface area (Å²) in [7, 11) is 0. The standard InChI is InChI=1S/C19H11ClF2N2O3S/c20-11-1-4-15(5-2-11)28-16-9-13(8-14(10-16)24(26)27)23-19(25)17-6-3-12(21)7-18(17)22/h1-10H,(H,23,25). The Labute approximate surface area is 167 Å². The van der Waals surface area contributed by atoms with Gasteiger partial charge in [-0.15, -0.1) is 0 Å². The van der Waals surface area contributed by atoms with Gasteiger partial charge in [-0.2, -0.15) is 0 Å². The Morgan fingerprint density at radius 1 is 1.00 bits per heavy atom. The molecule has 9 heteroatoms. The number of nitro benzene ring substituents is 1. The van der Waals surface area contributed by atoms with Crippen LogP contribution in [0.2, 0.25) is 5.02 Å². The number of rotatable bonds is 5. The average molecular weight is 421 g/mol. The number of anilines is 1. The van der Waals surface area contributed by atoms with Gasteiger partial charge in [0.2, 0.25) is 0 Å². The Bertz CT molecular complexity index is 1060. The molecule has 0 unspecified atom stereocenters. The second kappa shape index (κ2) is 8.37. The third kappa shape index (κ3) is 4.85. The first-order chi connectivity index (χ1) is 13.3. The SMILES string of the molecule is O=C(Nc1cc(Sc2ccc(Cl)cc2)cc([N+](=O)[O-])c1)c1ccc(F)cc1F. The van der Waals surface area contributed by atoms with E-state index in [-0.39, 0.29) is 16.9 Å². The predicted octanol–water partition coefficient (Wildman–Crippen LogP) is 5.93. The second-order valence-corrected chi connectivity index (χ2v) is 7.19. The van der Waals surface area contributed by atoms with Gasteiger partial charge in [0, 0.05) is 38.7 Å². The Hall–Kier alpha value is -2.97. The molecule has 0 spiro atoms. The topological polar surface area (TPSA) is 72.2 Å². The molecule has 0 bridgehead atoms. The van der Waals surface area contributed by atoms with Gasteiger partial charge in [0.25, 0.3) is 11.6 Å². The van der Waals surface area contributed by atoms with E-state index in [1.54, 1.807) is 24.3 Å². The smallest absolute Gasteiger partial charge is 0.272 e. The van der Waals surface area contributed by atoms with Crippen molar-refractivity contribution in [1.82, 2.24) is 0 Å². The number of nitrogens with zero attached hydrogens (tertiary/aromatic N) is 1. The summed E-state index contributed by atoms with van der Waals surface area (Å²) >= 11 is 7.08. The lowest BCUT2D eigenvalue weighted by atomic mass is 10.2. The van der Waals surface area contributed by atoms with Gasteiger partial charge >= 0.3 is 0 Å². The predicted molar refractivity (Wildman–Crippen MR) is 103 cm³/mol. The largest absolute Gasteiger partial charge is 0.322 e. The van der Waals surface area contributed by atoms with Crippen LogP contribution in [-0.2, 0) is 0 Å². The molecule has 28 heavy (non-hydrogen) atoms. The van der Waals surface area contributed by atoms with Crippen LogP contribution in [-0.4, -0.2) is 10.8 Å². The van der Waals surface area contributed by atoms with E-state index in [0.29, 0.717) is 16.0 Å². The molecule has 1 N–H and O–H groups in total. The number of carbonyl (C=O) groups excluding carboxylic acids is 1. The van der Waals surface area contributed by atoms with Gasteiger partial charge in [0.05, 0.1) is 10.5 Å². The summed E-state index contributed by atoms with van der Waals surface area (Å²) in [6.07, 6.45) is 0. The van der Waals surface area contributed by atoms with Crippen LogP contribution >= 0.6 is 23.4 Å². The van der Waals surface area contributed by atoms with E-state index in [0.717, 1.165) is 23.1 Å². The third-order valence-electron chi connectivity index (χ3n) is 3.59. The molecule has 0 radical (unpaired) electrons. The Balaban J connectivity index is 1.89.